The van der Waals surface area contributed by atoms with Crippen LogP contribution in [0.25, 0.3) is 11.1 Å². The lowest BCUT2D eigenvalue weighted by molar-refractivity contribution is -0.138. The summed E-state index contributed by atoms with van der Waals surface area (Å²) in [5.74, 6) is -1.57. The van der Waals surface area contributed by atoms with E-state index >= 15 is 0 Å². The van der Waals surface area contributed by atoms with E-state index in [1.54, 1.807) is 0 Å². The first-order valence-electron chi connectivity index (χ1n) is 14.6. The van der Waals surface area contributed by atoms with E-state index in [1.165, 1.54) is 23.3 Å². The Kier molecular flexibility index (Phi) is 10.4. The van der Waals surface area contributed by atoms with Gasteiger partial charge in [0.1, 0.15) is 5.82 Å². The molecule has 3 aromatic carbocycles. The average molecular weight is 651 g/mol. The minimum absolute atomic E-state index is 0.00645. The number of β-amino-alcohol motifs (C(OH)–C–C–N with tert-alkyl or cyclic N) is 1. The van der Waals surface area contributed by atoms with Crippen molar-refractivity contribution in [3.8, 4) is 11.1 Å². The van der Waals surface area contributed by atoms with E-state index in [1.807, 2.05) is 26.0 Å². The van der Waals surface area contributed by atoms with E-state index in [0.29, 0.717) is 23.6 Å². The minimum atomic E-state index is -4.94. The lowest BCUT2D eigenvalue weighted by Gasteiger charge is -2.31. The first-order chi connectivity index (χ1) is 20.9. The van der Waals surface area contributed by atoms with Crippen LogP contribution in [0.15, 0.2) is 65.6 Å². The van der Waals surface area contributed by atoms with Gasteiger partial charge >= 0.3 is 12.1 Å². The van der Waals surface area contributed by atoms with Gasteiger partial charge in [-0.25, -0.2) is 12.8 Å². The number of halogens is 4. The number of benzene rings is 3. The van der Waals surface area contributed by atoms with Crippen molar-refractivity contribution < 1.29 is 41.0 Å². The Morgan fingerprint density at radius 2 is 1.69 bits per heavy atom. The predicted octanol–water partition coefficient (Wildman–Crippen LogP) is 5.68. The second-order valence-corrected chi connectivity index (χ2v) is 14.4. The molecule has 1 aliphatic rings. The van der Waals surface area contributed by atoms with Crippen LogP contribution in [0.3, 0.4) is 0 Å². The molecule has 3 aromatic rings. The lowest BCUT2D eigenvalue weighted by atomic mass is 9.88. The zero-order chi connectivity index (χ0) is 33.2. The summed E-state index contributed by atoms with van der Waals surface area (Å²) in [6.07, 6.45) is -3.64. The summed E-state index contributed by atoms with van der Waals surface area (Å²) < 4.78 is 84.1. The molecule has 0 fully saturated rings. The number of sulfonamides is 1. The molecule has 244 valence electrons. The van der Waals surface area contributed by atoms with Gasteiger partial charge in [-0.05, 0) is 98.0 Å². The van der Waals surface area contributed by atoms with Crippen LogP contribution < -0.4 is 5.32 Å². The van der Waals surface area contributed by atoms with Crippen molar-refractivity contribution in [2.24, 2.45) is 5.92 Å². The quantitative estimate of drug-likeness (QED) is 0.206. The number of carboxylic acid groups (broad SMARTS) is 1. The number of hydrogen-bond donors (Lipinski definition) is 3. The van der Waals surface area contributed by atoms with E-state index in [2.05, 4.69) is 17.4 Å². The van der Waals surface area contributed by atoms with Crippen molar-refractivity contribution in [1.82, 2.24) is 9.62 Å². The van der Waals surface area contributed by atoms with Gasteiger partial charge in [0, 0.05) is 37.7 Å². The summed E-state index contributed by atoms with van der Waals surface area (Å²) in [6, 6.07) is 13.9. The largest absolute Gasteiger partial charge is 0.481 e. The Hall–Kier alpha value is -3.32. The highest BCUT2D eigenvalue weighted by atomic mass is 32.2. The van der Waals surface area contributed by atoms with Crippen LogP contribution in [-0.4, -0.2) is 60.7 Å². The van der Waals surface area contributed by atoms with Gasteiger partial charge in [-0.1, -0.05) is 30.3 Å². The number of hydrogen-bond acceptors (Lipinski definition) is 5. The van der Waals surface area contributed by atoms with Crippen LogP contribution in [0.2, 0.25) is 0 Å². The molecule has 0 aromatic heterocycles. The summed E-state index contributed by atoms with van der Waals surface area (Å²) in [5, 5.41) is 23.0. The molecule has 0 saturated carbocycles. The molecular weight excluding hydrogens is 612 g/mol. The third kappa shape index (κ3) is 8.90. The fourth-order valence-electron chi connectivity index (χ4n) is 5.89. The van der Waals surface area contributed by atoms with Crippen molar-refractivity contribution in [3.05, 3.63) is 88.7 Å². The van der Waals surface area contributed by atoms with Crippen LogP contribution >= 0.6 is 0 Å². The molecule has 1 aliphatic carbocycles. The molecule has 0 heterocycles. The lowest BCUT2D eigenvalue weighted by Crippen LogP contribution is -2.47. The van der Waals surface area contributed by atoms with Gasteiger partial charge in [0.15, 0.2) is 0 Å². The number of aliphatic hydroxyl groups excluding tert-OH is 1. The van der Waals surface area contributed by atoms with Gasteiger partial charge in [-0.15, -0.1) is 0 Å². The number of carboxylic acids is 1. The Morgan fingerprint density at radius 1 is 1.04 bits per heavy atom. The molecule has 0 bridgehead atoms. The maximum absolute atomic E-state index is 14.8. The average Bonchev–Trinajstić information content (AvgIpc) is 3.36. The summed E-state index contributed by atoms with van der Waals surface area (Å²) in [7, 11) is -3.39. The molecule has 45 heavy (non-hydrogen) atoms. The van der Waals surface area contributed by atoms with Crippen LogP contribution in [0.4, 0.5) is 17.6 Å². The second-order valence-electron chi connectivity index (χ2n) is 12.4. The number of aryl methyl sites for hydroxylation is 1. The molecule has 7 nitrogen and oxygen atoms in total. The van der Waals surface area contributed by atoms with Crippen molar-refractivity contribution in [2.75, 3.05) is 20.1 Å². The van der Waals surface area contributed by atoms with Crippen molar-refractivity contribution >= 4 is 16.0 Å². The molecule has 12 heteroatoms. The van der Waals surface area contributed by atoms with Crippen LogP contribution in [0, 0.1) is 11.7 Å². The molecule has 3 N–H and O–H groups in total. The van der Waals surface area contributed by atoms with E-state index < -0.39 is 51.1 Å². The molecular formula is C33H38F4N2O5S. The molecule has 1 atom stereocenters. The molecule has 0 radical (unpaired) electrons. The second kappa shape index (κ2) is 13.6. The monoisotopic (exact) mass is 650 g/mol. The highest BCUT2D eigenvalue weighted by molar-refractivity contribution is 7.89. The summed E-state index contributed by atoms with van der Waals surface area (Å²) >= 11 is 0. The third-order valence-electron chi connectivity index (χ3n) is 8.13. The van der Waals surface area contributed by atoms with Crippen LogP contribution in [0.1, 0.15) is 48.9 Å². The van der Waals surface area contributed by atoms with E-state index in [-0.39, 0.29) is 36.1 Å². The number of likely N-dealkylation sites (N-methyl/N-ethyl adjacent to an activating group) is 1. The number of aliphatic hydroxyl groups is 1. The third-order valence-corrected chi connectivity index (χ3v) is 9.93. The van der Waals surface area contributed by atoms with E-state index in [0.717, 1.165) is 42.7 Å². The summed E-state index contributed by atoms with van der Waals surface area (Å²) in [5.41, 5.74) is 0.742. The number of nitrogens with zero attached hydrogens (tertiary/aromatic N) is 1. The van der Waals surface area contributed by atoms with Crippen molar-refractivity contribution in [2.45, 2.75) is 68.7 Å². The fraction of sp³-hybridized carbons (Fsp3) is 0.424. The zero-order valence-electron chi connectivity index (χ0n) is 25.4. The van der Waals surface area contributed by atoms with Gasteiger partial charge in [0.2, 0.25) is 10.0 Å². The van der Waals surface area contributed by atoms with Gasteiger partial charge < -0.3 is 15.5 Å². The van der Waals surface area contributed by atoms with Gasteiger partial charge in [-0.3, -0.25) is 4.79 Å². The number of aliphatic carboxylic acids is 1. The number of alkyl halides is 3. The summed E-state index contributed by atoms with van der Waals surface area (Å²) in [4.78, 5) is 10.2. The van der Waals surface area contributed by atoms with E-state index in [9.17, 15) is 35.9 Å². The first-order valence-corrected chi connectivity index (χ1v) is 16.1. The maximum atomic E-state index is 14.8. The van der Waals surface area contributed by atoms with Gasteiger partial charge in [0.25, 0.3) is 0 Å². The first kappa shape index (κ1) is 34.6. The van der Waals surface area contributed by atoms with Crippen LogP contribution in [-0.2, 0) is 40.3 Å². The smallest absolute Gasteiger partial charge is 0.416 e. The highest BCUT2D eigenvalue weighted by Gasteiger charge is 2.34. The number of nitrogens with one attached hydrogen (secondary N) is 1. The normalized spacial score (nSPS) is 15.0. The van der Waals surface area contributed by atoms with Crippen LogP contribution in [0.5, 0.6) is 0 Å². The van der Waals surface area contributed by atoms with E-state index in [4.69, 9.17) is 5.11 Å². The van der Waals surface area contributed by atoms with Gasteiger partial charge in [-0.2, -0.15) is 17.5 Å². The molecule has 0 amide bonds. The molecule has 0 saturated heterocycles. The molecule has 4 rings (SSSR count). The zero-order valence-corrected chi connectivity index (χ0v) is 26.2. The molecule has 0 unspecified atom stereocenters. The number of carbonyl (C=O) groups is 1. The Balaban J connectivity index is 1.48. The summed E-state index contributed by atoms with van der Waals surface area (Å²) in [6.45, 7) is 3.66. The highest BCUT2D eigenvalue weighted by Crippen LogP contribution is 2.36. The fourth-order valence-corrected chi connectivity index (χ4v) is 7.17. The predicted molar refractivity (Wildman–Crippen MR) is 163 cm³/mol. The standard InChI is InChI=1S/C33H38F4N2O5S/c1-32(2,18-22-12-23-6-4-5-7-24(23)13-22)38-19-27(40)20-39(3)45(43,44)28-16-25(15-26(17-28)33(35,36)37)29-14-21(8-10-30(29)34)9-11-31(41)42/h4-8,10,14-17,22,27,38,40H,9,11-13,18-20H2,1-3H3,(H,41,42)/t27-/m1/s1. The van der Waals surface area contributed by atoms with Crippen molar-refractivity contribution in [3.63, 3.8) is 0 Å². The van der Waals surface area contributed by atoms with Gasteiger partial charge in [0.05, 0.1) is 16.6 Å². The topological polar surface area (TPSA) is 107 Å². The number of rotatable bonds is 13. The Labute approximate surface area is 260 Å². The Bertz CT molecular complexity index is 1620. The Morgan fingerprint density at radius 3 is 2.29 bits per heavy atom. The molecule has 0 aliphatic heterocycles. The minimum Gasteiger partial charge on any atom is -0.481 e. The van der Waals surface area contributed by atoms with Crippen molar-refractivity contribution in [1.29, 1.82) is 0 Å². The SMILES string of the molecule is CN(C[C@H](O)CNC(C)(C)CC1Cc2ccccc2C1)S(=O)(=O)c1cc(-c2cc(CCC(=O)O)ccc2F)cc(C(F)(F)F)c1. The maximum Gasteiger partial charge on any atom is 0.416 e. The molecule has 0 spiro atoms. The number of fused-ring (bicyclic) bond motifs is 1.